The van der Waals surface area contributed by atoms with Gasteiger partial charge in [-0.1, -0.05) is 39.0 Å². The standard InChI is InChI=1S/C21H25NO5/c1-21(2,3)14-9-11-15(12-10-14)22-18(23)13-27-20(24)19-16(25-4)7-6-8-17(19)26-5/h6-12H,13H2,1-5H3,(H,22,23). The number of carbonyl (C=O) groups excluding carboxylic acids is 2. The monoisotopic (exact) mass is 371 g/mol. The summed E-state index contributed by atoms with van der Waals surface area (Å²) in [5, 5.41) is 2.71. The van der Waals surface area contributed by atoms with Crippen molar-refractivity contribution in [1.29, 1.82) is 0 Å². The number of amides is 1. The van der Waals surface area contributed by atoms with Crippen molar-refractivity contribution in [2.75, 3.05) is 26.1 Å². The average Bonchev–Trinajstić information content (AvgIpc) is 2.65. The third-order valence-corrected chi connectivity index (χ3v) is 4.00. The van der Waals surface area contributed by atoms with Crippen molar-refractivity contribution in [3.63, 3.8) is 0 Å². The number of ether oxygens (including phenoxy) is 3. The molecule has 144 valence electrons. The quantitative estimate of drug-likeness (QED) is 0.782. The molecule has 0 fully saturated rings. The molecule has 6 heteroatoms. The van der Waals surface area contributed by atoms with Gasteiger partial charge in [-0.2, -0.15) is 0 Å². The molecule has 2 aromatic carbocycles. The average molecular weight is 371 g/mol. The molecule has 0 radical (unpaired) electrons. The molecule has 0 aromatic heterocycles. The highest BCUT2D eigenvalue weighted by molar-refractivity contribution is 5.98. The van der Waals surface area contributed by atoms with Gasteiger partial charge in [0.15, 0.2) is 6.61 Å². The van der Waals surface area contributed by atoms with E-state index in [0.29, 0.717) is 17.2 Å². The summed E-state index contributed by atoms with van der Waals surface area (Å²) in [4.78, 5) is 24.4. The second-order valence-corrected chi connectivity index (χ2v) is 6.99. The van der Waals surface area contributed by atoms with E-state index in [0.717, 1.165) is 5.56 Å². The summed E-state index contributed by atoms with van der Waals surface area (Å²) in [7, 11) is 2.89. The predicted octanol–water partition coefficient (Wildman–Crippen LogP) is 3.80. The van der Waals surface area contributed by atoms with Crippen molar-refractivity contribution in [2.24, 2.45) is 0 Å². The maximum atomic E-state index is 12.4. The van der Waals surface area contributed by atoms with E-state index in [1.807, 2.05) is 24.3 Å². The lowest BCUT2D eigenvalue weighted by atomic mass is 9.87. The Hall–Kier alpha value is -3.02. The van der Waals surface area contributed by atoms with Gasteiger partial charge in [-0.05, 0) is 35.2 Å². The van der Waals surface area contributed by atoms with E-state index in [1.165, 1.54) is 14.2 Å². The molecule has 0 aliphatic heterocycles. The van der Waals surface area contributed by atoms with Crippen LogP contribution in [0.4, 0.5) is 5.69 Å². The Bertz CT molecular complexity index is 784. The molecule has 1 amide bonds. The number of anilines is 1. The molecule has 0 aliphatic carbocycles. The number of hydrogen-bond donors (Lipinski definition) is 1. The van der Waals surface area contributed by atoms with Gasteiger partial charge in [0.1, 0.15) is 17.1 Å². The lowest BCUT2D eigenvalue weighted by Crippen LogP contribution is -2.21. The van der Waals surface area contributed by atoms with E-state index >= 15 is 0 Å². The summed E-state index contributed by atoms with van der Waals surface area (Å²) in [6, 6.07) is 12.5. The number of nitrogens with one attached hydrogen (secondary N) is 1. The Morgan fingerprint density at radius 1 is 0.926 bits per heavy atom. The van der Waals surface area contributed by atoms with Crippen LogP contribution >= 0.6 is 0 Å². The fraction of sp³-hybridized carbons (Fsp3) is 0.333. The van der Waals surface area contributed by atoms with Crippen molar-refractivity contribution >= 4 is 17.6 Å². The molecule has 0 saturated heterocycles. The number of carbonyl (C=O) groups is 2. The molecule has 6 nitrogen and oxygen atoms in total. The van der Waals surface area contributed by atoms with Gasteiger partial charge in [0.25, 0.3) is 5.91 Å². The number of benzene rings is 2. The Morgan fingerprint density at radius 2 is 1.48 bits per heavy atom. The van der Waals surface area contributed by atoms with Crippen molar-refractivity contribution in [3.05, 3.63) is 53.6 Å². The summed E-state index contributed by atoms with van der Waals surface area (Å²) in [6.45, 7) is 5.94. The van der Waals surface area contributed by atoms with Crippen LogP contribution in [0.1, 0.15) is 36.7 Å². The molecule has 0 aliphatic rings. The highest BCUT2D eigenvalue weighted by atomic mass is 16.5. The first-order valence-electron chi connectivity index (χ1n) is 8.54. The van der Waals surface area contributed by atoms with Gasteiger partial charge in [0.2, 0.25) is 0 Å². The van der Waals surface area contributed by atoms with Crippen LogP contribution in [0, 0.1) is 0 Å². The second kappa shape index (κ2) is 8.58. The van der Waals surface area contributed by atoms with Gasteiger partial charge in [-0.15, -0.1) is 0 Å². The van der Waals surface area contributed by atoms with E-state index in [9.17, 15) is 9.59 Å². The van der Waals surface area contributed by atoms with E-state index < -0.39 is 18.5 Å². The maximum absolute atomic E-state index is 12.4. The van der Waals surface area contributed by atoms with Crippen LogP contribution in [-0.2, 0) is 14.9 Å². The first-order valence-corrected chi connectivity index (χ1v) is 8.54. The summed E-state index contributed by atoms with van der Waals surface area (Å²) in [5.41, 5.74) is 1.98. The van der Waals surface area contributed by atoms with Crippen molar-refractivity contribution in [1.82, 2.24) is 0 Å². The number of methoxy groups -OCH3 is 2. The molecule has 27 heavy (non-hydrogen) atoms. The largest absolute Gasteiger partial charge is 0.496 e. The zero-order valence-corrected chi connectivity index (χ0v) is 16.3. The normalized spacial score (nSPS) is 10.9. The van der Waals surface area contributed by atoms with Crippen molar-refractivity contribution < 1.29 is 23.8 Å². The first kappa shape index (κ1) is 20.3. The topological polar surface area (TPSA) is 73.9 Å². The fourth-order valence-electron chi connectivity index (χ4n) is 2.51. The molecular weight excluding hydrogens is 346 g/mol. The van der Waals surface area contributed by atoms with Gasteiger partial charge in [0.05, 0.1) is 14.2 Å². The lowest BCUT2D eigenvalue weighted by Gasteiger charge is -2.19. The smallest absolute Gasteiger partial charge is 0.346 e. The number of hydrogen-bond acceptors (Lipinski definition) is 5. The molecule has 0 unspecified atom stereocenters. The summed E-state index contributed by atoms with van der Waals surface area (Å²) >= 11 is 0. The van der Waals surface area contributed by atoms with Crippen LogP contribution in [0.15, 0.2) is 42.5 Å². The first-order chi connectivity index (χ1) is 12.8. The minimum Gasteiger partial charge on any atom is -0.496 e. The molecule has 2 rings (SSSR count). The molecule has 0 bridgehead atoms. The van der Waals surface area contributed by atoms with Crippen LogP contribution in [-0.4, -0.2) is 32.7 Å². The Labute approximate surface area is 159 Å². The van der Waals surface area contributed by atoms with Gasteiger partial charge in [-0.25, -0.2) is 4.79 Å². The Balaban J connectivity index is 1.99. The summed E-state index contributed by atoms with van der Waals surface area (Å²) in [5.74, 6) is -0.488. The highest BCUT2D eigenvalue weighted by Crippen LogP contribution is 2.29. The van der Waals surface area contributed by atoms with Gasteiger partial charge in [0, 0.05) is 5.69 Å². The van der Waals surface area contributed by atoms with E-state index in [-0.39, 0.29) is 11.0 Å². The third-order valence-electron chi connectivity index (χ3n) is 4.00. The minimum atomic E-state index is -0.692. The molecular formula is C21H25NO5. The van der Waals surface area contributed by atoms with Crippen LogP contribution in [0.25, 0.3) is 0 Å². The molecule has 0 heterocycles. The zero-order valence-electron chi connectivity index (χ0n) is 16.3. The number of esters is 1. The number of rotatable bonds is 6. The second-order valence-electron chi connectivity index (χ2n) is 6.99. The van der Waals surface area contributed by atoms with Gasteiger partial charge < -0.3 is 19.5 Å². The summed E-state index contributed by atoms with van der Waals surface area (Å²) < 4.78 is 15.5. The third kappa shape index (κ3) is 5.23. The van der Waals surface area contributed by atoms with E-state index in [1.54, 1.807) is 18.2 Å². The van der Waals surface area contributed by atoms with Crippen molar-refractivity contribution in [3.8, 4) is 11.5 Å². The molecule has 1 N–H and O–H groups in total. The highest BCUT2D eigenvalue weighted by Gasteiger charge is 2.20. The van der Waals surface area contributed by atoms with Crippen LogP contribution in [0.3, 0.4) is 0 Å². The molecule has 0 saturated carbocycles. The van der Waals surface area contributed by atoms with Crippen molar-refractivity contribution in [2.45, 2.75) is 26.2 Å². The lowest BCUT2D eigenvalue weighted by molar-refractivity contribution is -0.119. The Morgan fingerprint density at radius 3 is 1.96 bits per heavy atom. The van der Waals surface area contributed by atoms with Crippen LogP contribution < -0.4 is 14.8 Å². The van der Waals surface area contributed by atoms with Crippen LogP contribution in [0.2, 0.25) is 0 Å². The molecule has 0 spiro atoms. The van der Waals surface area contributed by atoms with Gasteiger partial charge in [-0.3, -0.25) is 4.79 Å². The Kier molecular flexibility index (Phi) is 6.45. The predicted molar refractivity (Wildman–Crippen MR) is 104 cm³/mol. The van der Waals surface area contributed by atoms with Gasteiger partial charge >= 0.3 is 5.97 Å². The maximum Gasteiger partial charge on any atom is 0.346 e. The SMILES string of the molecule is COc1cccc(OC)c1C(=O)OCC(=O)Nc1ccc(C(C)(C)C)cc1. The zero-order chi connectivity index (χ0) is 20.0. The molecule has 0 atom stereocenters. The van der Waals surface area contributed by atoms with Crippen LogP contribution in [0.5, 0.6) is 11.5 Å². The fourth-order valence-corrected chi connectivity index (χ4v) is 2.51. The van der Waals surface area contributed by atoms with E-state index in [2.05, 4.69) is 26.1 Å². The molecule has 2 aromatic rings. The minimum absolute atomic E-state index is 0.0336. The summed E-state index contributed by atoms with van der Waals surface area (Å²) in [6.07, 6.45) is 0. The van der Waals surface area contributed by atoms with E-state index in [4.69, 9.17) is 14.2 Å².